The summed E-state index contributed by atoms with van der Waals surface area (Å²) < 4.78 is 1.97. The molecule has 5 heteroatoms. The van der Waals surface area contributed by atoms with E-state index < -0.39 is 0 Å². The molecule has 1 atom stereocenters. The fourth-order valence-corrected chi connectivity index (χ4v) is 3.23. The zero-order valence-electron chi connectivity index (χ0n) is 15.2. The lowest BCUT2D eigenvalue weighted by atomic mass is 9.92. The van der Waals surface area contributed by atoms with Gasteiger partial charge in [-0.3, -0.25) is 4.79 Å². The maximum Gasteiger partial charge on any atom is 0.221 e. The van der Waals surface area contributed by atoms with Gasteiger partial charge in [0, 0.05) is 31.3 Å². The van der Waals surface area contributed by atoms with Gasteiger partial charge < -0.3 is 9.72 Å². The molecule has 2 aromatic heterocycles. The minimum atomic E-state index is -0.0799. The highest BCUT2D eigenvalue weighted by molar-refractivity contribution is 6.30. The number of halogens is 1. The smallest absolute Gasteiger partial charge is 0.221 e. The van der Waals surface area contributed by atoms with Crippen LogP contribution in [0.3, 0.4) is 0 Å². The highest BCUT2D eigenvalue weighted by atomic mass is 35.5. The number of rotatable bonds is 7. The number of imidazole rings is 1. The molecule has 1 amide bonds. The summed E-state index contributed by atoms with van der Waals surface area (Å²) in [6, 6.07) is 13.8. The molecule has 0 radical (unpaired) electrons. The summed E-state index contributed by atoms with van der Waals surface area (Å²) in [4.78, 5) is 17.0. The Balaban J connectivity index is 1.89. The monoisotopic (exact) mass is 369 g/mol. The van der Waals surface area contributed by atoms with E-state index in [9.17, 15) is 4.79 Å². The lowest BCUT2D eigenvalue weighted by Gasteiger charge is -2.17. The molecule has 3 rings (SSSR count). The number of nitrogens with one attached hydrogen (secondary N) is 1. The molecule has 136 valence electrons. The van der Waals surface area contributed by atoms with Crippen molar-refractivity contribution in [2.75, 3.05) is 6.54 Å². The third kappa shape index (κ3) is 4.44. The molecule has 1 aromatic carbocycles. The predicted octanol–water partition coefficient (Wildman–Crippen LogP) is 4.67. The molecule has 0 aliphatic rings. The van der Waals surface area contributed by atoms with Crippen LogP contribution >= 0.6 is 11.6 Å². The van der Waals surface area contributed by atoms with E-state index in [0.29, 0.717) is 23.9 Å². The number of benzene rings is 1. The van der Waals surface area contributed by atoms with Crippen molar-refractivity contribution >= 4 is 23.2 Å². The first kappa shape index (κ1) is 18.5. The number of fused-ring (bicyclic) bond motifs is 1. The average Bonchev–Trinajstić information content (AvgIpc) is 3.03. The zero-order chi connectivity index (χ0) is 18.5. The number of carbonyl (C=O) groups is 1. The van der Waals surface area contributed by atoms with Crippen molar-refractivity contribution in [1.82, 2.24) is 14.7 Å². The van der Waals surface area contributed by atoms with Gasteiger partial charge in [0.15, 0.2) is 0 Å². The normalized spacial score (nSPS) is 12.5. The van der Waals surface area contributed by atoms with Crippen LogP contribution in [-0.2, 0) is 4.79 Å². The number of pyridine rings is 1. The van der Waals surface area contributed by atoms with Crippen LogP contribution in [0.5, 0.6) is 0 Å². The van der Waals surface area contributed by atoms with Gasteiger partial charge >= 0.3 is 0 Å². The first-order valence-electron chi connectivity index (χ1n) is 8.98. The Hall–Kier alpha value is -2.33. The number of aromatic nitrogens is 2. The Morgan fingerprint density at radius 1 is 1.19 bits per heavy atom. The van der Waals surface area contributed by atoms with Crippen LogP contribution in [0, 0.1) is 5.92 Å². The van der Waals surface area contributed by atoms with Gasteiger partial charge in [-0.2, -0.15) is 0 Å². The van der Waals surface area contributed by atoms with Gasteiger partial charge in [0.2, 0.25) is 5.91 Å². The van der Waals surface area contributed by atoms with Crippen molar-refractivity contribution in [2.24, 2.45) is 5.92 Å². The van der Waals surface area contributed by atoms with Crippen molar-refractivity contribution in [3.63, 3.8) is 0 Å². The fourth-order valence-electron chi connectivity index (χ4n) is 3.07. The highest BCUT2D eigenvalue weighted by Gasteiger charge is 2.21. The maximum absolute atomic E-state index is 12.5. The quantitative estimate of drug-likeness (QED) is 0.657. The summed E-state index contributed by atoms with van der Waals surface area (Å²) in [6.07, 6.45) is 5.05. The van der Waals surface area contributed by atoms with E-state index in [-0.39, 0.29) is 11.8 Å². The summed E-state index contributed by atoms with van der Waals surface area (Å²) in [5, 5.41) is 3.68. The van der Waals surface area contributed by atoms with Crippen LogP contribution in [0.1, 0.15) is 43.9 Å². The number of nitrogens with zero attached hydrogens (tertiary/aromatic N) is 2. The third-order valence-electron chi connectivity index (χ3n) is 4.49. The van der Waals surface area contributed by atoms with E-state index in [1.54, 1.807) is 0 Å². The third-order valence-corrected chi connectivity index (χ3v) is 4.71. The van der Waals surface area contributed by atoms with Crippen molar-refractivity contribution in [3.05, 3.63) is 71.1 Å². The minimum Gasteiger partial charge on any atom is -0.356 e. The first-order valence-corrected chi connectivity index (χ1v) is 9.36. The standard InChI is InChI=1S/C21H24ClN3O/c1-15(2)10-11-23-21(26)12-18(16-6-4-3-5-7-16)19-13-24-20-9-8-17(22)14-25(19)20/h3-9,13-15,18H,10-12H2,1-2H3,(H,23,26). The molecule has 26 heavy (non-hydrogen) atoms. The lowest BCUT2D eigenvalue weighted by Crippen LogP contribution is -2.27. The van der Waals surface area contributed by atoms with E-state index in [1.807, 2.05) is 47.1 Å². The Kier molecular flexibility index (Phi) is 5.94. The van der Waals surface area contributed by atoms with Crippen LogP contribution in [0.15, 0.2) is 54.9 Å². The Labute approximate surface area is 159 Å². The van der Waals surface area contributed by atoms with Gasteiger partial charge in [-0.15, -0.1) is 0 Å². The summed E-state index contributed by atoms with van der Waals surface area (Å²) in [6.45, 7) is 5.01. The molecule has 1 unspecified atom stereocenters. The van der Waals surface area contributed by atoms with Crippen molar-refractivity contribution < 1.29 is 4.79 Å². The largest absolute Gasteiger partial charge is 0.356 e. The van der Waals surface area contributed by atoms with Crippen molar-refractivity contribution in [3.8, 4) is 0 Å². The Morgan fingerprint density at radius 2 is 1.96 bits per heavy atom. The van der Waals surface area contributed by atoms with Gasteiger partial charge in [0.05, 0.1) is 10.7 Å². The molecule has 0 spiro atoms. The lowest BCUT2D eigenvalue weighted by molar-refractivity contribution is -0.121. The Morgan fingerprint density at radius 3 is 2.69 bits per heavy atom. The molecule has 0 saturated heterocycles. The summed E-state index contributed by atoms with van der Waals surface area (Å²) in [7, 11) is 0. The van der Waals surface area contributed by atoms with Gasteiger partial charge in [0.25, 0.3) is 0 Å². The summed E-state index contributed by atoms with van der Waals surface area (Å²) in [5.74, 6) is 0.543. The molecule has 4 nitrogen and oxygen atoms in total. The van der Waals surface area contributed by atoms with E-state index in [2.05, 4.69) is 36.3 Å². The fraction of sp³-hybridized carbons (Fsp3) is 0.333. The molecule has 3 aromatic rings. The first-order chi connectivity index (χ1) is 12.5. The molecule has 0 aliphatic heterocycles. The number of hydrogen-bond donors (Lipinski definition) is 1. The molecule has 1 N–H and O–H groups in total. The summed E-state index contributed by atoms with van der Waals surface area (Å²) in [5.41, 5.74) is 2.88. The van der Waals surface area contributed by atoms with Crippen LogP contribution in [0.4, 0.5) is 0 Å². The van der Waals surface area contributed by atoms with Crippen molar-refractivity contribution in [1.29, 1.82) is 0 Å². The van der Waals surface area contributed by atoms with Crippen LogP contribution in [-0.4, -0.2) is 21.8 Å². The van der Waals surface area contributed by atoms with Gasteiger partial charge in [0.1, 0.15) is 5.65 Å². The van der Waals surface area contributed by atoms with E-state index >= 15 is 0 Å². The number of carbonyl (C=O) groups excluding carboxylic acids is 1. The second-order valence-electron chi connectivity index (χ2n) is 6.96. The molecule has 0 aliphatic carbocycles. The van der Waals surface area contributed by atoms with Gasteiger partial charge in [-0.25, -0.2) is 4.98 Å². The molecular weight excluding hydrogens is 346 g/mol. The van der Waals surface area contributed by atoms with Crippen LogP contribution < -0.4 is 5.32 Å². The molecule has 0 bridgehead atoms. The highest BCUT2D eigenvalue weighted by Crippen LogP contribution is 2.29. The minimum absolute atomic E-state index is 0.0523. The second kappa shape index (κ2) is 8.37. The summed E-state index contributed by atoms with van der Waals surface area (Å²) >= 11 is 6.17. The topological polar surface area (TPSA) is 46.4 Å². The van der Waals surface area contributed by atoms with Gasteiger partial charge in [-0.05, 0) is 30.0 Å². The molecular formula is C21H24ClN3O. The van der Waals surface area contributed by atoms with E-state index in [0.717, 1.165) is 23.3 Å². The van der Waals surface area contributed by atoms with Crippen LogP contribution in [0.2, 0.25) is 5.02 Å². The van der Waals surface area contributed by atoms with Crippen molar-refractivity contribution in [2.45, 2.75) is 32.6 Å². The molecule has 0 fully saturated rings. The zero-order valence-corrected chi connectivity index (χ0v) is 15.9. The second-order valence-corrected chi connectivity index (χ2v) is 7.39. The SMILES string of the molecule is CC(C)CCNC(=O)CC(c1ccccc1)c1cnc2ccc(Cl)cn12. The number of hydrogen-bond acceptors (Lipinski definition) is 2. The number of amides is 1. The predicted molar refractivity (Wildman–Crippen MR) is 106 cm³/mol. The van der Waals surface area contributed by atoms with Crippen LogP contribution in [0.25, 0.3) is 5.65 Å². The van der Waals surface area contributed by atoms with E-state index in [1.165, 1.54) is 0 Å². The molecule has 0 saturated carbocycles. The maximum atomic E-state index is 12.5. The Bertz CT molecular complexity index is 873. The molecule has 2 heterocycles. The van der Waals surface area contributed by atoms with E-state index in [4.69, 9.17) is 11.6 Å². The van der Waals surface area contributed by atoms with Gasteiger partial charge in [-0.1, -0.05) is 55.8 Å². The average molecular weight is 370 g/mol.